The molecular weight excluding hydrogens is 360 g/mol. The molecule has 1 aromatic heterocycles. The number of benzene rings is 2. The van der Waals surface area contributed by atoms with Gasteiger partial charge in [0.2, 0.25) is 0 Å². The van der Waals surface area contributed by atoms with E-state index in [1.54, 1.807) is 37.5 Å². The van der Waals surface area contributed by atoms with Gasteiger partial charge in [-0.3, -0.25) is 4.79 Å². The molecule has 0 saturated carbocycles. The molecule has 0 radical (unpaired) electrons. The Kier molecular flexibility index (Phi) is 5.76. The summed E-state index contributed by atoms with van der Waals surface area (Å²) in [5.74, 6) is 1.01. The zero-order valence-corrected chi connectivity index (χ0v) is 16.5. The Morgan fingerprint density at radius 2 is 1.93 bits per heavy atom. The van der Waals surface area contributed by atoms with Crippen molar-refractivity contribution in [3.63, 3.8) is 0 Å². The lowest BCUT2D eigenvalue weighted by atomic mass is 10.1. The Balaban J connectivity index is 1.87. The largest absolute Gasteiger partial charge is 0.497 e. The molecule has 0 saturated heterocycles. The summed E-state index contributed by atoms with van der Waals surface area (Å²) >= 11 is 1.51. The molecule has 0 aliphatic heterocycles. The average Bonchev–Trinajstić information content (AvgIpc) is 2.98. The third-order valence-electron chi connectivity index (χ3n) is 4.07. The van der Waals surface area contributed by atoms with Gasteiger partial charge in [-0.05, 0) is 55.3 Å². The summed E-state index contributed by atoms with van der Waals surface area (Å²) in [5.41, 5.74) is 3.42. The highest BCUT2D eigenvalue weighted by atomic mass is 32.1. The number of hydrogen-bond donors (Lipinski definition) is 0. The number of hydrogen-bond acceptors (Lipinski definition) is 4. The summed E-state index contributed by atoms with van der Waals surface area (Å²) < 4.78 is 13.8. The summed E-state index contributed by atoms with van der Waals surface area (Å²) in [6.07, 6.45) is 1.81. The van der Waals surface area contributed by atoms with Gasteiger partial charge in [-0.15, -0.1) is 6.58 Å². The van der Waals surface area contributed by atoms with Crippen LogP contribution in [0.4, 0.5) is 0 Å². The average molecular weight is 382 g/mol. The number of amides is 1. The number of aryl methyl sites for hydroxylation is 2. The second kappa shape index (κ2) is 8.22. The van der Waals surface area contributed by atoms with Crippen LogP contribution in [-0.2, 0) is 11.3 Å². The molecule has 0 N–H and O–H groups in total. The molecule has 27 heavy (non-hydrogen) atoms. The Hall–Kier alpha value is -2.86. The minimum absolute atomic E-state index is 0.118. The molecule has 1 heterocycles. The first-order valence-electron chi connectivity index (χ1n) is 8.57. The number of allylic oxidation sites excluding steroid dienone is 1. The zero-order valence-electron chi connectivity index (χ0n) is 15.7. The van der Waals surface area contributed by atoms with Gasteiger partial charge in [0.1, 0.15) is 11.5 Å². The first-order valence-corrected chi connectivity index (χ1v) is 9.39. The SMILES string of the molecule is C=CCn1c(=NC(=O)COc2ccc(OC)cc2)sc2c(C)cc(C)cc21. The van der Waals surface area contributed by atoms with E-state index in [-0.39, 0.29) is 12.5 Å². The molecular formula is C21H22N2O3S. The quantitative estimate of drug-likeness (QED) is 0.605. The van der Waals surface area contributed by atoms with Crippen molar-refractivity contribution in [1.82, 2.24) is 4.57 Å². The molecule has 0 aliphatic rings. The van der Waals surface area contributed by atoms with Crippen LogP contribution in [0, 0.1) is 13.8 Å². The van der Waals surface area contributed by atoms with Crippen molar-refractivity contribution in [2.45, 2.75) is 20.4 Å². The summed E-state index contributed by atoms with van der Waals surface area (Å²) in [6.45, 7) is 8.43. The van der Waals surface area contributed by atoms with Gasteiger partial charge < -0.3 is 14.0 Å². The third kappa shape index (κ3) is 4.28. The van der Waals surface area contributed by atoms with E-state index in [0.29, 0.717) is 17.1 Å². The third-order valence-corrected chi connectivity index (χ3v) is 5.30. The van der Waals surface area contributed by atoms with Crippen LogP contribution in [0.2, 0.25) is 0 Å². The second-order valence-corrected chi connectivity index (χ2v) is 7.16. The molecule has 0 spiro atoms. The van der Waals surface area contributed by atoms with Crippen LogP contribution in [-0.4, -0.2) is 24.2 Å². The van der Waals surface area contributed by atoms with Crippen molar-refractivity contribution < 1.29 is 14.3 Å². The lowest BCUT2D eigenvalue weighted by Crippen LogP contribution is -2.19. The topological polar surface area (TPSA) is 52.8 Å². The van der Waals surface area contributed by atoms with E-state index in [4.69, 9.17) is 9.47 Å². The number of rotatable bonds is 6. The van der Waals surface area contributed by atoms with Crippen LogP contribution in [0.25, 0.3) is 10.2 Å². The Labute approximate surface area is 162 Å². The fourth-order valence-corrected chi connectivity index (χ4v) is 3.97. The predicted octanol–water partition coefficient (Wildman–Crippen LogP) is 4.02. The normalized spacial score (nSPS) is 11.6. The number of ether oxygens (including phenoxy) is 2. The fourth-order valence-electron chi connectivity index (χ4n) is 2.86. The first kappa shape index (κ1) is 18.9. The molecule has 5 nitrogen and oxygen atoms in total. The van der Waals surface area contributed by atoms with Gasteiger partial charge in [0.25, 0.3) is 5.91 Å². The van der Waals surface area contributed by atoms with Crippen LogP contribution >= 0.6 is 11.3 Å². The van der Waals surface area contributed by atoms with Crippen LogP contribution in [0.3, 0.4) is 0 Å². The van der Waals surface area contributed by atoms with Crippen LogP contribution in [0.15, 0.2) is 54.0 Å². The number of fused-ring (bicyclic) bond motifs is 1. The molecule has 0 bridgehead atoms. The van der Waals surface area contributed by atoms with Crippen molar-refractivity contribution in [2.75, 3.05) is 13.7 Å². The van der Waals surface area contributed by atoms with Gasteiger partial charge in [-0.1, -0.05) is 23.5 Å². The molecule has 0 aliphatic carbocycles. The van der Waals surface area contributed by atoms with Crippen molar-refractivity contribution in [3.8, 4) is 11.5 Å². The van der Waals surface area contributed by atoms with E-state index < -0.39 is 0 Å². The standard InChI is InChI=1S/C21H22N2O3S/c1-5-10-23-18-12-14(2)11-15(3)20(18)27-21(23)22-19(24)13-26-17-8-6-16(25-4)7-9-17/h5-9,11-12H,1,10,13H2,2-4H3. The highest BCUT2D eigenvalue weighted by molar-refractivity contribution is 7.16. The highest BCUT2D eigenvalue weighted by Gasteiger charge is 2.10. The fraction of sp³-hybridized carbons (Fsp3) is 0.238. The zero-order chi connectivity index (χ0) is 19.4. The molecule has 6 heteroatoms. The Morgan fingerprint density at radius 1 is 1.22 bits per heavy atom. The highest BCUT2D eigenvalue weighted by Crippen LogP contribution is 2.23. The Bertz CT molecular complexity index is 1050. The van der Waals surface area contributed by atoms with Gasteiger partial charge >= 0.3 is 0 Å². The maximum absolute atomic E-state index is 12.3. The maximum atomic E-state index is 12.3. The van der Waals surface area contributed by atoms with Crippen molar-refractivity contribution >= 4 is 27.5 Å². The van der Waals surface area contributed by atoms with Gasteiger partial charge in [0.05, 0.1) is 17.3 Å². The van der Waals surface area contributed by atoms with E-state index in [0.717, 1.165) is 16.0 Å². The van der Waals surface area contributed by atoms with E-state index in [1.807, 2.05) is 4.57 Å². The van der Waals surface area contributed by atoms with Crippen LogP contribution in [0.1, 0.15) is 11.1 Å². The van der Waals surface area contributed by atoms with Crippen LogP contribution in [0.5, 0.6) is 11.5 Å². The minimum atomic E-state index is -0.329. The molecule has 3 aromatic rings. The van der Waals surface area contributed by atoms with Gasteiger partial charge in [-0.2, -0.15) is 4.99 Å². The molecule has 0 fully saturated rings. The number of aromatic nitrogens is 1. The number of nitrogens with zero attached hydrogens (tertiary/aromatic N) is 2. The monoisotopic (exact) mass is 382 g/mol. The van der Waals surface area contributed by atoms with Crippen molar-refractivity contribution in [2.24, 2.45) is 4.99 Å². The predicted molar refractivity (Wildman–Crippen MR) is 109 cm³/mol. The summed E-state index contributed by atoms with van der Waals surface area (Å²) in [4.78, 5) is 17.3. The van der Waals surface area contributed by atoms with Gasteiger partial charge in [0.15, 0.2) is 11.4 Å². The first-order chi connectivity index (χ1) is 13.0. The number of thiazole rings is 1. The lowest BCUT2D eigenvalue weighted by molar-refractivity contribution is -0.120. The van der Waals surface area contributed by atoms with E-state index in [1.165, 1.54) is 22.5 Å². The Morgan fingerprint density at radius 3 is 2.59 bits per heavy atom. The maximum Gasteiger partial charge on any atom is 0.286 e. The number of carbonyl (C=O) groups excluding carboxylic acids is 1. The number of carbonyl (C=O) groups is 1. The molecule has 2 aromatic carbocycles. The van der Waals surface area contributed by atoms with E-state index >= 15 is 0 Å². The second-order valence-electron chi connectivity index (χ2n) is 6.18. The molecule has 3 rings (SSSR count). The molecule has 140 valence electrons. The summed E-state index contributed by atoms with van der Waals surface area (Å²) in [6, 6.07) is 11.3. The molecule has 1 amide bonds. The summed E-state index contributed by atoms with van der Waals surface area (Å²) in [5, 5.41) is 0. The minimum Gasteiger partial charge on any atom is -0.497 e. The lowest BCUT2D eigenvalue weighted by Gasteiger charge is -2.05. The van der Waals surface area contributed by atoms with Crippen molar-refractivity contribution in [3.05, 3.63) is 65.0 Å². The smallest absolute Gasteiger partial charge is 0.286 e. The van der Waals surface area contributed by atoms with Crippen LogP contribution < -0.4 is 14.3 Å². The van der Waals surface area contributed by atoms with Gasteiger partial charge in [0, 0.05) is 6.54 Å². The number of methoxy groups -OCH3 is 1. The molecule has 0 atom stereocenters. The summed E-state index contributed by atoms with van der Waals surface area (Å²) in [7, 11) is 1.60. The van der Waals surface area contributed by atoms with Crippen molar-refractivity contribution in [1.29, 1.82) is 0 Å². The van der Waals surface area contributed by atoms with Gasteiger partial charge in [-0.25, -0.2) is 0 Å². The van der Waals surface area contributed by atoms with E-state index in [2.05, 4.69) is 37.6 Å². The molecule has 0 unspecified atom stereocenters. The van der Waals surface area contributed by atoms with E-state index in [9.17, 15) is 4.79 Å².